The maximum atomic E-state index is 12.2. The Labute approximate surface area is 119 Å². The number of ether oxygens (including phenoxy) is 2. The van der Waals surface area contributed by atoms with Gasteiger partial charge in [0.2, 0.25) is 0 Å². The second-order valence-corrected chi connectivity index (χ2v) is 5.75. The largest absolute Gasteiger partial charge is 0.493 e. The zero-order chi connectivity index (χ0) is 14.2. The molecule has 3 rings (SSSR count). The van der Waals surface area contributed by atoms with Gasteiger partial charge < -0.3 is 14.8 Å². The van der Waals surface area contributed by atoms with Crippen molar-refractivity contribution in [2.24, 2.45) is 0 Å². The summed E-state index contributed by atoms with van der Waals surface area (Å²) in [7, 11) is 3.29. The minimum Gasteiger partial charge on any atom is -0.493 e. The second kappa shape index (κ2) is 5.00. The maximum Gasteiger partial charge on any atom is 0.251 e. The quantitative estimate of drug-likeness (QED) is 0.902. The molecule has 0 radical (unpaired) electrons. The number of benzene rings is 1. The van der Waals surface area contributed by atoms with Crippen molar-refractivity contribution in [1.29, 1.82) is 0 Å². The summed E-state index contributed by atoms with van der Waals surface area (Å²) in [5.74, 6) is 1.45. The molecule has 0 saturated heterocycles. The van der Waals surface area contributed by atoms with Gasteiger partial charge in [-0.25, -0.2) is 0 Å². The number of methoxy groups -OCH3 is 2. The fourth-order valence-corrected chi connectivity index (χ4v) is 3.73. The van der Waals surface area contributed by atoms with Gasteiger partial charge in [0.15, 0.2) is 11.5 Å². The minimum atomic E-state index is -0.00264. The van der Waals surface area contributed by atoms with Crippen LogP contribution in [0.3, 0.4) is 0 Å². The van der Waals surface area contributed by atoms with Crippen LogP contribution in [0.4, 0.5) is 0 Å². The molecule has 1 aliphatic heterocycles. The lowest BCUT2D eigenvalue weighted by molar-refractivity contribution is 0.0909. The van der Waals surface area contributed by atoms with E-state index in [-0.39, 0.29) is 11.3 Å². The summed E-state index contributed by atoms with van der Waals surface area (Å²) in [6.07, 6.45) is 5.89. The zero-order valence-electron chi connectivity index (χ0n) is 12.1. The number of nitrogens with one attached hydrogen (secondary N) is 1. The maximum absolute atomic E-state index is 12.2. The van der Waals surface area contributed by atoms with E-state index in [2.05, 4.69) is 5.32 Å². The monoisotopic (exact) mass is 275 g/mol. The highest BCUT2D eigenvalue weighted by atomic mass is 16.5. The molecule has 0 unspecified atom stereocenters. The van der Waals surface area contributed by atoms with Gasteiger partial charge in [0.05, 0.1) is 14.2 Å². The number of hydrogen-bond donors (Lipinski definition) is 1. The molecule has 1 heterocycles. The summed E-state index contributed by atoms with van der Waals surface area (Å²) < 4.78 is 11.0. The SMILES string of the molecule is COc1ccc2c(c1OC)C1(CCCCC1)CNC2=O. The van der Waals surface area contributed by atoms with Crippen LogP contribution in [-0.4, -0.2) is 26.7 Å². The highest BCUT2D eigenvalue weighted by molar-refractivity contribution is 5.98. The molecule has 0 aromatic heterocycles. The third kappa shape index (κ3) is 1.86. The number of carbonyl (C=O) groups is 1. The highest BCUT2D eigenvalue weighted by Gasteiger charge is 2.43. The molecule has 1 amide bonds. The minimum absolute atomic E-state index is 0.00264. The van der Waals surface area contributed by atoms with Crippen LogP contribution < -0.4 is 14.8 Å². The van der Waals surface area contributed by atoms with Gasteiger partial charge in [-0.2, -0.15) is 0 Å². The molecular weight excluding hydrogens is 254 g/mol. The number of hydrogen-bond acceptors (Lipinski definition) is 3. The fourth-order valence-electron chi connectivity index (χ4n) is 3.73. The van der Waals surface area contributed by atoms with E-state index in [0.29, 0.717) is 12.3 Å². The van der Waals surface area contributed by atoms with Gasteiger partial charge in [-0.05, 0) is 25.0 Å². The third-order valence-electron chi connectivity index (χ3n) is 4.72. The third-order valence-corrected chi connectivity index (χ3v) is 4.72. The van der Waals surface area contributed by atoms with Gasteiger partial charge in [0.25, 0.3) is 5.91 Å². The first kappa shape index (κ1) is 13.3. The number of fused-ring (bicyclic) bond motifs is 2. The molecule has 0 bridgehead atoms. The Morgan fingerprint density at radius 1 is 1.10 bits per heavy atom. The topological polar surface area (TPSA) is 47.6 Å². The molecule has 1 aromatic carbocycles. The molecule has 1 fully saturated rings. The average molecular weight is 275 g/mol. The summed E-state index contributed by atoms with van der Waals surface area (Å²) in [5.41, 5.74) is 1.82. The zero-order valence-corrected chi connectivity index (χ0v) is 12.1. The number of amides is 1. The van der Waals surface area contributed by atoms with Crippen LogP contribution in [0.1, 0.15) is 48.0 Å². The Hall–Kier alpha value is -1.71. The van der Waals surface area contributed by atoms with Crippen molar-refractivity contribution >= 4 is 5.91 Å². The van der Waals surface area contributed by atoms with Crippen LogP contribution in [0.2, 0.25) is 0 Å². The van der Waals surface area contributed by atoms with Crippen LogP contribution in [-0.2, 0) is 5.41 Å². The van der Waals surface area contributed by atoms with E-state index >= 15 is 0 Å². The van der Waals surface area contributed by atoms with E-state index in [4.69, 9.17) is 9.47 Å². The molecular formula is C16H21NO3. The Kier molecular flexibility index (Phi) is 3.32. The lowest BCUT2D eigenvalue weighted by atomic mass is 9.66. The van der Waals surface area contributed by atoms with Crippen LogP contribution in [0.25, 0.3) is 0 Å². The van der Waals surface area contributed by atoms with Gasteiger partial charge in [-0.3, -0.25) is 4.79 Å². The molecule has 2 aliphatic rings. The van der Waals surface area contributed by atoms with E-state index < -0.39 is 0 Å². The number of carbonyl (C=O) groups excluding carboxylic acids is 1. The van der Waals surface area contributed by atoms with Crippen molar-refractivity contribution in [2.75, 3.05) is 20.8 Å². The first-order valence-corrected chi connectivity index (χ1v) is 7.25. The van der Waals surface area contributed by atoms with Crippen molar-refractivity contribution in [3.05, 3.63) is 23.3 Å². The van der Waals surface area contributed by atoms with Crippen LogP contribution in [0.5, 0.6) is 11.5 Å². The Morgan fingerprint density at radius 2 is 1.85 bits per heavy atom. The van der Waals surface area contributed by atoms with E-state index in [0.717, 1.165) is 29.7 Å². The van der Waals surface area contributed by atoms with Crippen molar-refractivity contribution in [3.63, 3.8) is 0 Å². The molecule has 108 valence electrons. The number of rotatable bonds is 2. The van der Waals surface area contributed by atoms with Crippen molar-refractivity contribution < 1.29 is 14.3 Å². The van der Waals surface area contributed by atoms with E-state index in [1.54, 1.807) is 14.2 Å². The summed E-state index contributed by atoms with van der Waals surface area (Å²) in [6.45, 7) is 0.711. The summed E-state index contributed by atoms with van der Waals surface area (Å²) in [5, 5.41) is 3.05. The summed E-state index contributed by atoms with van der Waals surface area (Å²) >= 11 is 0. The van der Waals surface area contributed by atoms with Gasteiger partial charge in [0.1, 0.15) is 0 Å². The first-order chi connectivity index (χ1) is 9.72. The molecule has 4 heteroatoms. The average Bonchev–Trinajstić information content (AvgIpc) is 2.51. The Bertz CT molecular complexity index is 533. The molecule has 4 nitrogen and oxygen atoms in total. The first-order valence-electron chi connectivity index (χ1n) is 7.25. The summed E-state index contributed by atoms with van der Waals surface area (Å²) in [6, 6.07) is 3.68. The predicted molar refractivity (Wildman–Crippen MR) is 76.6 cm³/mol. The normalized spacial score (nSPS) is 20.2. The van der Waals surface area contributed by atoms with Crippen molar-refractivity contribution in [1.82, 2.24) is 5.32 Å². The molecule has 1 saturated carbocycles. The molecule has 1 aromatic rings. The second-order valence-electron chi connectivity index (χ2n) is 5.75. The molecule has 20 heavy (non-hydrogen) atoms. The van der Waals surface area contributed by atoms with Crippen LogP contribution >= 0.6 is 0 Å². The predicted octanol–water partition coefficient (Wildman–Crippen LogP) is 2.65. The standard InChI is InChI=1S/C16H21NO3/c1-19-12-7-6-11-13(14(12)20-2)16(10-17-15(11)18)8-4-3-5-9-16/h6-7H,3-5,8-10H2,1-2H3,(H,17,18). The molecule has 1 aliphatic carbocycles. The molecule has 0 atom stereocenters. The lowest BCUT2D eigenvalue weighted by Crippen LogP contribution is -2.48. The van der Waals surface area contributed by atoms with Crippen molar-refractivity contribution in [2.45, 2.75) is 37.5 Å². The van der Waals surface area contributed by atoms with Crippen molar-refractivity contribution in [3.8, 4) is 11.5 Å². The summed E-state index contributed by atoms with van der Waals surface area (Å²) in [4.78, 5) is 12.2. The molecule has 1 N–H and O–H groups in total. The lowest BCUT2D eigenvalue weighted by Gasteiger charge is -2.42. The fraction of sp³-hybridized carbons (Fsp3) is 0.562. The van der Waals surface area contributed by atoms with Crippen LogP contribution in [0.15, 0.2) is 12.1 Å². The van der Waals surface area contributed by atoms with Crippen LogP contribution in [0, 0.1) is 0 Å². The highest BCUT2D eigenvalue weighted by Crippen LogP contribution is 2.49. The van der Waals surface area contributed by atoms with Gasteiger partial charge in [0, 0.05) is 23.1 Å². The van der Waals surface area contributed by atoms with Gasteiger partial charge in [-0.1, -0.05) is 19.3 Å². The van der Waals surface area contributed by atoms with Gasteiger partial charge >= 0.3 is 0 Å². The van der Waals surface area contributed by atoms with Gasteiger partial charge in [-0.15, -0.1) is 0 Å². The Balaban J connectivity index is 2.21. The smallest absolute Gasteiger partial charge is 0.251 e. The molecule has 1 spiro atoms. The van der Waals surface area contributed by atoms with E-state index in [9.17, 15) is 4.79 Å². The Morgan fingerprint density at radius 3 is 2.50 bits per heavy atom. The van der Waals surface area contributed by atoms with E-state index in [1.165, 1.54) is 19.3 Å². The van der Waals surface area contributed by atoms with E-state index in [1.807, 2.05) is 12.1 Å².